The van der Waals surface area contributed by atoms with Crippen LogP contribution in [0.3, 0.4) is 0 Å². The fourth-order valence-corrected chi connectivity index (χ4v) is 4.27. The van der Waals surface area contributed by atoms with E-state index in [1.165, 1.54) is 0 Å². The Hall–Kier alpha value is -0.320. The van der Waals surface area contributed by atoms with Crippen LogP contribution in [-0.4, -0.2) is 94.6 Å². The summed E-state index contributed by atoms with van der Waals surface area (Å²) in [6.07, 6.45) is -4.03. The Morgan fingerprint density at radius 2 is 1.78 bits per heavy atom. The van der Waals surface area contributed by atoms with Crippen LogP contribution in [0.4, 0.5) is 0 Å². The van der Waals surface area contributed by atoms with Crippen LogP contribution < -0.4 is 5.32 Å². The Balaban J connectivity index is 1.69. The van der Waals surface area contributed by atoms with Gasteiger partial charge in [0.15, 0.2) is 0 Å². The molecule has 0 aromatic heterocycles. The molecule has 3 fully saturated rings. The van der Waals surface area contributed by atoms with Crippen molar-refractivity contribution in [2.24, 2.45) is 11.8 Å². The molecule has 134 valence electrons. The van der Waals surface area contributed by atoms with E-state index in [1.54, 1.807) is 7.11 Å². The first-order valence-corrected chi connectivity index (χ1v) is 8.21. The summed E-state index contributed by atoms with van der Waals surface area (Å²) in [5.41, 5.74) is 0. The highest BCUT2D eigenvalue weighted by Crippen LogP contribution is 2.37. The fraction of sp³-hybridized carbons (Fsp3) is 1.00. The molecule has 23 heavy (non-hydrogen) atoms. The number of aliphatic hydroxyl groups is 5. The van der Waals surface area contributed by atoms with Crippen molar-refractivity contribution in [1.82, 2.24) is 5.32 Å². The maximum absolute atomic E-state index is 10.3. The Morgan fingerprint density at radius 3 is 2.43 bits per heavy atom. The quantitative estimate of drug-likeness (QED) is 0.325. The zero-order valence-corrected chi connectivity index (χ0v) is 13.2. The van der Waals surface area contributed by atoms with E-state index in [0.29, 0.717) is 19.4 Å². The van der Waals surface area contributed by atoms with Crippen molar-refractivity contribution in [2.75, 3.05) is 20.3 Å². The molecule has 0 radical (unpaired) electrons. The molecule has 1 aliphatic heterocycles. The molecule has 8 heteroatoms. The molecule has 0 spiro atoms. The van der Waals surface area contributed by atoms with E-state index >= 15 is 0 Å². The summed E-state index contributed by atoms with van der Waals surface area (Å²) in [7, 11) is 1.57. The fourth-order valence-electron chi connectivity index (χ4n) is 4.27. The van der Waals surface area contributed by atoms with Crippen LogP contribution in [0.2, 0.25) is 0 Å². The van der Waals surface area contributed by atoms with Crippen LogP contribution in [0.1, 0.15) is 12.8 Å². The summed E-state index contributed by atoms with van der Waals surface area (Å²) in [6, 6.07) is -0.633. The molecular formula is C15H27NO7. The normalized spacial score (nSPS) is 53.5. The first kappa shape index (κ1) is 17.5. The Kier molecular flexibility index (Phi) is 5.24. The summed E-state index contributed by atoms with van der Waals surface area (Å²) < 4.78 is 11.0. The molecule has 2 bridgehead atoms. The number of fused-ring (bicyclic) bond motifs is 2. The van der Waals surface area contributed by atoms with Crippen molar-refractivity contribution in [1.29, 1.82) is 0 Å². The molecule has 0 aromatic carbocycles. The second-order valence-electron chi connectivity index (χ2n) is 7.01. The minimum atomic E-state index is -1.31. The Labute approximate surface area is 135 Å². The van der Waals surface area contributed by atoms with Crippen molar-refractivity contribution in [3.63, 3.8) is 0 Å². The molecular weight excluding hydrogens is 306 g/mol. The maximum Gasteiger partial charge on any atom is 0.108 e. The summed E-state index contributed by atoms with van der Waals surface area (Å²) >= 11 is 0. The standard InChI is InChI=1S/C15H27NO7/c1-22-9-3-7-5-23-15(13(9)20)10(7)16-8-2-6(4-17)11(18)14(21)12(8)19/h6-21H,2-5H2,1H3/t6?,7?,8?,9-,10+,11?,12?,13?,14?,15?/m1/s1. The van der Waals surface area contributed by atoms with E-state index in [9.17, 15) is 25.5 Å². The third-order valence-corrected chi connectivity index (χ3v) is 5.71. The predicted octanol–water partition coefficient (Wildman–Crippen LogP) is -2.80. The average Bonchev–Trinajstić information content (AvgIpc) is 2.86. The highest BCUT2D eigenvalue weighted by Gasteiger charge is 2.52. The van der Waals surface area contributed by atoms with Gasteiger partial charge in [0.25, 0.3) is 0 Å². The van der Waals surface area contributed by atoms with Crippen molar-refractivity contribution in [3.05, 3.63) is 0 Å². The summed E-state index contributed by atoms with van der Waals surface area (Å²) in [5, 5.41) is 53.1. The summed E-state index contributed by atoms with van der Waals surface area (Å²) in [6.45, 7) is 0.252. The van der Waals surface area contributed by atoms with Crippen molar-refractivity contribution in [3.8, 4) is 0 Å². The third-order valence-electron chi connectivity index (χ3n) is 5.71. The molecule has 3 rings (SSSR count). The van der Waals surface area contributed by atoms with Crippen LogP contribution in [0, 0.1) is 11.8 Å². The topological polar surface area (TPSA) is 132 Å². The van der Waals surface area contributed by atoms with Gasteiger partial charge in [-0.3, -0.25) is 0 Å². The molecule has 1 saturated heterocycles. The lowest BCUT2D eigenvalue weighted by Gasteiger charge is -2.44. The zero-order chi connectivity index (χ0) is 16.7. The van der Waals surface area contributed by atoms with Crippen molar-refractivity contribution < 1.29 is 35.0 Å². The lowest BCUT2D eigenvalue weighted by atomic mass is 9.77. The molecule has 3 aliphatic rings. The average molecular weight is 333 g/mol. The molecule has 2 saturated carbocycles. The molecule has 6 N–H and O–H groups in total. The number of methoxy groups -OCH3 is 1. The third kappa shape index (κ3) is 3.03. The van der Waals surface area contributed by atoms with Gasteiger partial charge in [-0.25, -0.2) is 0 Å². The van der Waals surface area contributed by atoms with Gasteiger partial charge in [-0.1, -0.05) is 0 Å². The first-order chi connectivity index (χ1) is 11.0. The number of hydrogen-bond donors (Lipinski definition) is 6. The van der Waals surface area contributed by atoms with E-state index in [1.807, 2.05) is 0 Å². The largest absolute Gasteiger partial charge is 0.396 e. The minimum Gasteiger partial charge on any atom is -0.396 e. The monoisotopic (exact) mass is 333 g/mol. The van der Waals surface area contributed by atoms with Gasteiger partial charge in [0.05, 0.1) is 24.9 Å². The molecule has 2 aliphatic carbocycles. The van der Waals surface area contributed by atoms with Crippen LogP contribution in [0.25, 0.3) is 0 Å². The van der Waals surface area contributed by atoms with Crippen molar-refractivity contribution in [2.45, 2.75) is 61.5 Å². The number of rotatable bonds is 4. The first-order valence-electron chi connectivity index (χ1n) is 8.21. The zero-order valence-electron chi connectivity index (χ0n) is 13.2. The molecule has 1 heterocycles. The van der Waals surface area contributed by atoms with E-state index in [-0.39, 0.29) is 24.7 Å². The molecule has 8 unspecified atom stereocenters. The van der Waals surface area contributed by atoms with Crippen LogP contribution in [-0.2, 0) is 9.47 Å². The van der Waals surface area contributed by atoms with Gasteiger partial charge >= 0.3 is 0 Å². The molecule has 0 amide bonds. The number of nitrogens with one attached hydrogen (secondary N) is 1. The summed E-state index contributed by atoms with van der Waals surface area (Å²) in [5.74, 6) is -0.346. The Morgan fingerprint density at radius 1 is 1.04 bits per heavy atom. The van der Waals surface area contributed by atoms with Crippen molar-refractivity contribution >= 4 is 0 Å². The number of hydrogen-bond acceptors (Lipinski definition) is 8. The van der Waals surface area contributed by atoms with Crippen LogP contribution in [0.15, 0.2) is 0 Å². The lowest BCUT2D eigenvalue weighted by molar-refractivity contribution is -0.138. The van der Waals surface area contributed by atoms with Gasteiger partial charge in [-0.15, -0.1) is 0 Å². The van der Waals surface area contributed by atoms with Gasteiger partial charge in [0, 0.05) is 37.6 Å². The van der Waals surface area contributed by atoms with E-state index in [0.717, 1.165) is 0 Å². The molecule has 0 aromatic rings. The van der Waals surface area contributed by atoms with Gasteiger partial charge in [-0.2, -0.15) is 0 Å². The van der Waals surface area contributed by atoms with E-state index in [4.69, 9.17) is 9.47 Å². The second-order valence-corrected chi connectivity index (χ2v) is 7.01. The van der Waals surface area contributed by atoms with Gasteiger partial charge in [-0.05, 0) is 12.8 Å². The predicted molar refractivity (Wildman–Crippen MR) is 78.6 cm³/mol. The molecule has 8 nitrogen and oxygen atoms in total. The maximum atomic E-state index is 10.3. The minimum absolute atomic E-state index is 0.150. The smallest absolute Gasteiger partial charge is 0.108 e. The van der Waals surface area contributed by atoms with E-state index in [2.05, 4.69) is 5.32 Å². The van der Waals surface area contributed by atoms with E-state index < -0.39 is 42.5 Å². The number of ether oxygens (including phenoxy) is 2. The van der Waals surface area contributed by atoms with Crippen LogP contribution >= 0.6 is 0 Å². The lowest BCUT2D eigenvalue weighted by Crippen LogP contribution is -2.64. The Bertz CT molecular complexity index is 409. The SMILES string of the molecule is CO[C@@H]1CC2COC(C1O)[C@H]2NC1CC(CO)C(O)C(O)C1O. The van der Waals surface area contributed by atoms with Gasteiger partial charge in [0.2, 0.25) is 0 Å². The second kappa shape index (κ2) is 6.89. The van der Waals surface area contributed by atoms with Crippen LogP contribution in [0.5, 0.6) is 0 Å². The highest BCUT2D eigenvalue weighted by atomic mass is 16.5. The molecule has 10 atom stereocenters. The van der Waals surface area contributed by atoms with Gasteiger partial charge < -0.3 is 40.3 Å². The number of aliphatic hydroxyl groups excluding tert-OH is 5. The highest BCUT2D eigenvalue weighted by molar-refractivity contribution is 5.05. The van der Waals surface area contributed by atoms with Gasteiger partial charge in [0.1, 0.15) is 18.3 Å². The summed E-state index contributed by atoms with van der Waals surface area (Å²) in [4.78, 5) is 0.